The summed E-state index contributed by atoms with van der Waals surface area (Å²) in [5.74, 6) is 1.09. The highest BCUT2D eigenvalue weighted by Crippen LogP contribution is 2.41. The monoisotopic (exact) mass is 556 g/mol. The van der Waals surface area contributed by atoms with E-state index in [9.17, 15) is 14.3 Å². The van der Waals surface area contributed by atoms with Crippen molar-refractivity contribution in [1.82, 2.24) is 19.4 Å². The first kappa shape index (κ1) is 26.1. The lowest BCUT2D eigenvalue weighted by Gasteiger charge is -2.35. The van der Waals surface area contributed by atoms with Crippen molar-refractivity contribution >= 4 is 17.1 Å². The van der Waals surface area contributed by atoms with Crippen LogP contribution in [0.3, 0.4) is 0 Å². The molecule has 3 aliphatic heterocycles. The number of rotatable bonds is 7. The van der Waals surface area contributed by atoms with Crippen LogP contribution in [0, 0.1) is 5.82 Å². The topological polar surface area (TPSA) is 89.7 Å². The summed E-state index contributed by atoms with van der Waals surface area (Å²) in [7, 11) is 0. The third-order valence-corrected chi connectivity index (χ3v) is 8.83. The van der Waals surface area contributed by atoms with E-state index >= 15 is 0 Å². The maximum atomic E-state index is 14.4. The summed E-state index contributed by atoms with van der Waals surface area (Å²) in [6.07, 6.45) is 3.87. The smallest absolute Gasteiger partial charge is 0.354 e. The van der Waals surface area contributed by atoms with Crippen molar-refractivity contribution < 1.29 is 23.8 Å². The van der Waals surface area contributed by atoms with Gasteiger partial charge in [0.25, 0.3) is 0 Å². The van der Waals surface area contributed by atoms with E-state index < -0.39 is 5.97 Å². The van der Waals surface area contributed by atoms with E-state index in [4.69, 9.17) is 14.5 Å². The number of hydrogen-bond acceptors (Lipinski definition) is 6. The number of nitrogens with zero attached hydrogens (tertiary/aromatic N) is 4. The van der Waals surface area contributed by atoms with E-state index in [1.807, 2.05) is 16.7 Å². The van der Waals surface area contributed by atoms with Gasteiger partial charge in [0.1, 0.15) is 22.9 Å². The van der Waals surface area contributed by atoms with Crippen LogP contribution in [0.2, 0.25) is 0 Å². The zero-order chi connectivity index (χ0) is 27.9. The lowest BCUT2D eigenvalue weighted by molar-refractivity contribution is -0.0593. The average molecular weight is 557 g/mol. The van der Waals surface area contributed by atoms with E-state index in [2.05, 4.69) is 28.1 Å². The predicted molar refractivity (Wildman–Crippen MR) is 151 cm³/mol. The SMILES string of the molecule is O=C(O)c1ccc2nc(CN3CCC(c4cccc5c4OCC(c4ccccc4F)C5)CC3)n(C[C@@H]3CCO3)c2n1. The highest BCUT2D eigenvalue weighted by molar-refractivity contribution is 5.88. The molecule has 0 spiro atoms. The van der Waals surface area contributed by atoms with Gasteiger partial charge in [0.15, 0.2) is 11.3 Å². The number of carbonyl (C=O) groups is 1. The van der Waals surface area contributed by atoms with Gasteiger partial charge in [-0.25, -0.2) is 19.2 Å². The molecule has 0 amide bonds. The summed E-state index contributed by atoms with van der Waals surface area (Å²) in [6, 6.07) is 16.7. The van der Waals surface area contributed by atoms with E-state index in [1.54, 1.807) is 12.1 Å². The Bertz CT molecular complexity index is 1590. The van der Waals surface area contributed by atoms with Gasteiger partial charge in [0.05, 0.1) is 25.8 Å². The zero-order valence-corrected chi connectivity index (χ0v) is 22.8. The van der Waals surface area contributed by atoms with Gasteiger partial charge in [-0.15, -0.1) is 0 Å². The summed E-state index contributed by atoms with van der Waals surface area (Å²) >= 11 is 0. The molecular weight excluding hydrogens is 523 g/mol. The Morgan fingerprint density at radius 1 is 0.976 bits per heavy atom. The molecule has 4 aromatic rings. The number of aromatic carboxylic acids is 1. The van der Waals surface area contributed by atoms with Crippen molar-refractivity contribution in [3.8, 4) is 5.75 Å². The number of imidazole rings is 1. The van der Waals surface area contributed by atoms with Crippen LogP contribution in [0.15, 0.2) is 54.6 Å². The lowest BCUT2D eigenvalue weighted by Crippen LogP contribution is -2.35. The molecule has 41 heavy (non-hydrogen) atoms. The van der Waals surface area contributed by atoms with Crippen LogP contribution in [0.1, 0.15) is 64.1 Å². The normalized spacial score (nSPS) is 21.3. The number of piperidine rings is 1. The summed E-state index contributed by atoms with van der Waals surface area (Å²) in [5, 5.41) is 9.46. The van der Waals surface area contributed by atoms with Gasteiger partial charge in [-0.05, 0) is 79.6 Å². The minimum absolute atomic E-state index is 0.0199. The predicted octanol–water partition coefficient (Wildman–Crippen LogP) is 5.16. The molecule has 212 valence electrons. The van der Waals surface area contributed by atoms with E-state index in [-0.39, 0.29) is 23.5 Å². The molecule has 2 saturated heterocycles. The minimum Gasteiger partial charge on any atom is -0.492 e. The van der Waals surface area contributed by atoms with Crippen molar-refractivity contribution in [2.45, 2.75) is 56.7 Å². The van der Waals surface area contributed by atoms with Gasteiger partial charge in [-0.3, -0.25) is 4.90 Å². The Balaban J connectivity index is 1.06. The summed E-state index contributed by atoms with van der Waals surface area (Å²) < 4.78 is 28.5. The van der Waals surface area contributed by atoms with E-state index in [1.165, 1.54) is 17.7 Å². The second-order valence-electron chi connectivity index (χ2n) is 11.4. The summed E-state index contributed by atoms with van der Waals surface area (Å²) in [4.78, 5) is 23.2. The molecule has 1 N–H and O–H groups in total. The number of hydrogen-bond donors (Lipinski definition) is 1. The highest BCUT2D eigenvalue weighted by atomic mass is 19.1. The van der Waals surface area contributed by atoms with E-state index in [0.717, 1.165) is 68.1 Å². The number of benzene rings is 2. The maximum Gasteiger partial charge on any atom is 0.354 e. The van der Waals surface area contributed by atoms with Gasteiger partial charge in [0.2, 0.25) is 0 Å². The Kier molecular flexibility index (Phi) is 6.92. The van der Waals surface area contributed by atoms with Crippen molar-refractivity contribution in [3.05, 3.63) is 88.6 Å². The number of likely N-dealkylation sites (tertiary alicyclic amines) is 1. The molecule has 2 atom stereocenters. The Hall–Kier alpha value is -3.82. The molecule has 2 aromatic heterocycles. The van der Waals surface area contributed by atoms with Gasteiger partial charge >= 0.3 is 5.97 Å². The first-order valence-electron chi connectivity index (χ1n) is 14.5. The number of ether oxygens (including phenoxy) is 2. The summed E-state index contributed by atoms with van der Waals surface area (Å²) in [5.41, 5.74) is 4.47. The highest BCUT2D eigenvalue weighted by Gasteiger charge is 2.30. The van der Waals surface area contributed by atoms with Gasteiger partial charge in [-0.1, -0.05) is 36.4 Å². The molecular formula is C32H33FN4O4. The Morgan fingerprint density at radius 2 is 1.78 bits per heavy atom. The van der Waals surface area contributed by atoms with Crippen LogP contribution in [0.25, 0.3) is 11.2 Å². The van der Waals surface area contributed by atoms with Crippen molar-refractivity contribution in [1.29, 1.82) is 0 Å². The third-order valence-electron chi connectivity index (χ3n) is 8.83. The number of fused-ring (bicyclic) bond motifs is 2. The number of aromatic nitrogens is 3. The van der Waals surface area contributed by atoms with Crippen LogP contribution in [-0.2, 0) is 24.2 Å². The fraction of sp³-hybridized carbons (Fsp3) is 0.406. The van der Waals surface area contributed by atoms with E-state index in [0.29, 0.717) is 36.8 Å². The molecule has 2 aromatic carbocycles. The van der Waals surface area contributed by atoms with Gasteiger partial charge in [0, 0.05) is 12.5 Å². The Morgan fingerprint density at radius 3 is 2.54 bits per heavy atom. The Labute approximate surface area is 237 Å². The number of para-hydroxylation sites is 1. The lowest BCUT2D eigenvalue weighted by atomic mass is 9.84. The molecule has 0 aliphatic carbocycles. The molecule has 1 unspecified atom stereocenters. The number of carboxylic acids is 1. The molecule has 0 radical (unpaired) electrons. The second-order valence-corrected chi connectivity index (χ2v) is 11.4. The molecule has 2 fully saturated rings. The maximum absolute atomic E-state index is 14.4. The van der Waals surface area contributed by atoms with Crippen LogP contribution in [-0.4, -0.2) is 62.9 Å². The van der Waals surface area contributed by atoms with Crippen molar-refractivity contribution in [3.63, 3.8) is 0 Å². The fourth-order valence-electron chi connectivity index (χ4n) is 6.49. The summed E-state index contributed by atoms with van der Waals surface area (Å²) in [6.45, 7) is 4.38. The standard InChI is InChI=1S/C32H33FN4O4/c33-26-7-2-1-5-24(26)22-16-21-4-3-6-25(30(21)41-19-22)20-10-13-36(14-11-20)18-29-34-27-8-9-28(32(38)39)35-31(27)37(29)17-23-12-15-40-23/h1-9,20,22-23H,10-19H2,(H,38,39)/t22?,23-/m0/s1. The molecule has 7 rings (SSSR count). The van der Waals surface area contributed by atoms with Crippen LogP contribution in [0.4, 0.5) is 4.39 Å². The minimum atomic E-state index is -1.04. The van der Waals surface area contributed by atoms with Crippen LogP contribution >= 0.6 is 0 Å². The largest absolute Gasteiger partial charge is 0.492 e. The zero-order valence-electron chi connectivity index (χ0n) is 22.8. The van der Waals surface area contributed by atoms with Crippen LogP contribution < -0.4 is 4.74 Å². The number of carboxylic acid groups (broad SMARTS) is 1. The van der Waals surface area contributed by atoms with Crippen molar-refractivity contribution in [2.75, 3.05) is 26.3 Å². The van der Waals surface area contributed by atoms with Gasteiger partial charge in [-0.2, -0.15) is 0 Å². The first-order chi connectivity index (χ1) is 20.0. The average Bonchev–Trinajstić information content (AvgIpc) is 3.30. The third kappa shape index (κ3) is 5.08. The molecule has 0 bridgehead atoms. The van der Waals surface area contributed by atoms with Gasteiger partial charge < -0.3 is 19.1 Å². The molecule has 0 saturated carbocycles. The molecule has 8 nitrogen and oxygen atoms in total. The van der Waals surface area contributed by atoms with Crippen LogP contribution in [0.5, 0.6) is 5.75 Å². The number of pyridine rings is 1. The number of halogens is 1. The quantitative estimate of drug-likeness (QED) is 0.337. The van der Waals surface area contributed by atoms with Crippen molar-refractivity contribution in [2.24, 2.45) is 0 Å². The first-order valence-corrected chi connectivity index (χ1v) is 14.5. The second kappa shape index (κ2) is 10.9. The molecule has 5 heterocycles. The fourth-order valence-corrected chi connectivity index (χ4v) is 6.49. The molecule has 9 heteroatoms. The molecule has 3 aliphatic rings.